The number of unbranched alkanes of at least 4 members (excludes halogenated alkanes) is 2. The van der Waals surface area contributed by atoms with E-state index in [2.05, 4.69) is 11.8 Å². The molecule has 1 aromatic heterocycles. The number of fused-ring (bicyclic) bond motifs is 1. The molecule has 10 heteroatoms. The zero-order chi connectivity index (χ0) is 29.4. The summed E-state index contributed by atoms with van der Waals surface area (Å²) in [5, 5.41) is 10.5. The molecule has 1 saturated heterocycles. The maximum absolute atomic E-state index is 13.7. The van der Waals surface area contributed by atoms with Crippen molar-refractivity contribution in [2.24, 2.45) is 5.92 Å². The van der Waals surface area contributed by atoms with E-state index in [9.17, 15) is 19.5 Å². The molecule has 0 spiro atoms. The first-order valence-corrected chi connectivity index (χ1v) is 14.7. The highest BCUT2D eigenvalue weighted by Gasteiger charge is 2.47. The first-order valence-electron chi connectivity index (χ1n) is 14.7. The standard InChI is InChI=1S/C31H44N4O6/c1-4-5-15-33(17-9-8-14-32(2)3)29(37)21-35-20-24(23-11-12-26-27(19-23)41-22-40-26)30(31(38)39)25(35)13-18-34-16-7-6-10-28(34)36/h6-7,10-12,16,19,24-25,30H,4-5,8-9,13-15,17-18,20-22H2,1-3H3,(H,38,39)/t24-,25-,30+/m1/s1. The van der Waals surface area contributed by atoms with Crippen LogP contribution >= 0.6 is 0 Å². The van der Waals surface area contributed by atoms with Crippen molar-refractivity contribution in [1.82, 2.24) is 19.3 Å². The Hall–Kier alpha value is -3.37. The zero-order valence-electron chi connectivity index (χ0n) is 24.5. The van der Waals surface area contributed by atoms with E-state index in [1.165, 1.54) is 6.07 Å². The fraction of sp³-hybridized carbons (Fsp3) is 0.581. The van der Waals surface area contributed by atoms with Gasteiger partial charge in [-0.1, -0.05) is 25.5 Å². The van der Waals surface area contributed by atoms with Gasteiger partial charge in [0.15, 0.2) is 11.5 Å². The van der Waals surface area contributed by atoms with E-state index in [1.54, 1.807) is 22.9 Å². The minimum Gasteiger partial charge on any atom is -0.481 e. The zero-order valence-corrected chi connectivity index (χ0v) is 24.5. The van der Waals surface area contributed by atoms with Gasteiger partial charge in [0.1, 0.15) is 0 Å². The maximum Gasteiger partial charge on any atom is 0.308 e. The van der Waals surface area contributed by atoms with Gasteiger partial charge in [-0.25, -0.2) is 0 Å². The number of aliphatic carboxylic acids is 1. The number of amides is 1. The summed E-state index contributed by atoms with van der Waals surface area (Å²) >= 11 is 0. The van der Waals surface area contributed by atoms with E-state index in [0.29, 0.717) is 44.1 Å². The van der Waals surface area contributed by atoms with Crippen molar-refractivity contribution in [3.63, 3.8) is 0 Å². The van der Waals surface area contributed by atoms with E-state index in [1.807, 2.05) is 42.1 Å². The summed E-state index contributed by atoms with van der Waals surface area (Å²) in [7, 11) is 4.10. The van der Waals surface area contributed by atoms with E-state index in [0.717, 1.165) is 37.8 Å². The molecule has 1 amide bonds. The Balaban J connectivity index is 1.57. The van der Waals surface area contributed by atoms with Crippen molar-refractivity contribution in [2.45, 2.75) is 57.5 Å². The van der Waals surface area contributed by atoms with Crippen LogP contribution in [0.1, 0.15) is 50.5 Å². The number of ether oxygens (including phenoxy) is 2. The molecule has 2 aliphatic heterocycles. The predicted molar refractivity (Wildman–Crippen MR) is 156 cm³/mol. The van der Waals surface area contributed by atoms with E-state index < -0.39 is 17.9 Å². The van der Waals surface area contributed by atoms with Crippen LogP contribution < -0.4 is 15.0 Å². The molecule has 0 radical (unpaired) electrons. The third kappa shape index (κ3) is 7.89. The number of hydrogen-bond acceptors (Lipinski definition) is 7. The number of hydrogen-bond donors (Lipinski definition) is 1. The number of likely N-dealkylation sites (tertiary alicyclic amines) is 1. The van der Waals surface area contributed by atoms with Gasteiger partial charge in [0.05, 0.1) is 12.5 Å². The number of aryl methyl sites for hydroxylation is 1. The Morgan fingerprint density at radius 3 is 2.51 bits per heavy atom. The quantitative estimate of drug-likeness (QED) is 0.327. The summed E-state index contributed by atoms with van der Waals surface area (Å²) < 4.78 is 12.6. The van der Waals surface area contributed by atoms with Crippen LogP contribution in [0, 0.1) is 5.92 Å². The number of aromatic nitrogens is 1. The largest absolute Gasteiger partial charge is 0.481 e. The van der Waals surface area contributed by atoms with Gasteiger partial charge >= 0.3 is 5.97 Å². The SMILES string of the molecule is CCCCN(CCCCN(C)C)C(=O)CN1C[C@H](c2ccc3c(c2)OCO3)[C@H](C(=O)O)[C@H]1CCn1ccccc1=O. The van der Waals surface area contributed by atoms with Gasteiger partial charge in [-0.3, -0.25) is 19.3 Å². The molecule has 0 unspecified atom stereocenters. The summed E-state index contributed by atoms with van der Waals surface area (Å²) in [6.07, 6.45) is 6.01. The molecular weight excluding hydrogens is 524 g/mol. The van der Waals surface area contributed by atoms with Crippen LogP contribution in [0.15, 0.2) is 47.4 Å². The van der Waals surface area contributed by atoms with Crippen LogP contribution in [0.3, 0.4) is 0 Å². The van der Waals surface area contributed by atoms with Crippen LogP contribution in [0.25, 0.3) is 0 Å². The summed E-state index contributed by atoms with van der Waals surface area (Å²) in [6.45, 7) is 5.57. The number of carboxylic acid groups (broad SMARTS) is 1. The Labute approximate surface area is 242 Å². The summed E-state index contributed by atoms with van der Waals surface area (Å²) in [6, 6.07) is 10.2. The fourth-order valence-electron chi connectivity index (χ4n) is 5.97. The Morgan fingerprint density at radius 1 is 1.02 bits per heavy atom. The number of carbonyl (C=O) groups is 2. The summed E-state index contributed by atoms with van der Waals surface area (Å²) in [5.74, 6) is -0.702. The van der Waals surface area contributed by atoms with Gasteiger partial charge in [-0.05, 0) is 70.1 Å². The summed E-state index contributed by atoms with van der Waals surface area (Å²) in [4.78, 5) is 45.0. The minimum atomic E-state index is -0.903. The molecule has 0 aliphatic carbocycles. The molecular formula is C31H44N4O6. The molecule has 2 aromatic rings. The van der Waals surface area contributed by atoms with Gasteiger partial charge in [-0.15, -0.1) is 0 Å². The first-order chi connectivity index (χ1) is 19.8. The molecule has 1 aromatic carbocycles. The summed E-state index contributed by atoms with van der Waals surface area (Å²) in [5.41, 5.74) is 0.723. The number of pyridine rings is 1. The Kier molecular flexibility index (Phi) is 10.8. The smallest absolute Gasteiger partial charge is 0.308 e. The fourth-order valence-corrected chi connectivity index (χ4v) is 5.97. The molecule has 10 nitrogen and oxygen atoms in total. The molecule has 41 heavy (non-hydrogen) atoms. The molecule has 3 heterocycles. The predicted octanol–water partition coefficient (Wildman–Crippen LogP) is 3.11. The van der Waals surface area contributed by atoms with Crippen molar-refractivity contribution in [3.05, 3.63) is 58.5 Å². The number of nitrogens with zero attached hydrogens (tertiary/aromatic N) is 4. The molecule has 0 saturated carbocycles. The second-order valence-electron chi connectivity index (χ2n) is 11.3. The Bertz CT molecular complexity index is 1230. The van der Waals surface area contributed by atoms with Crippen molar-refractivity contribution >= 4 is 11.9 Å². The number of rotatable bonds is 15. The average molecular weight is 569 g/mol. The van der Waals surface area contributed by atoms with Crippen LogP contribution in [0.2, 0.25) is 0 Å². The van der Waals surface area contributed by atoms with E-state index >= 15 is 0 Å². The lowest BCUT2D eigenvalue weighted by Crippen LogP contribution is -2.45. The third-order valence-electron chi connectivity index (χ3n) is 8.18. The lowest BCUT2D eigenvalue weighted by atomic mass is 9.84. The van der Waals surface area contributed by atoms with Gasteiger partial charge in [0, 0.05) is 50.4 Å². The van der Waals surface area contributed by atoms with Crippen LogP contribution in [0.4, 0.5) is 0 Å². The maximum atomic E-state index is 13.7. The number of carbonyl (C=O) groups excluding carboxylic acids is 1. The highest BCUT2D eigenvalue weighted by atomic mass is 16.7. The molecule has 1 fully saturated rings. The van der Waals surface area contributed by atoms with Gasteiger partial charge in [-0.2, -0.15) is 0 Å². The third-order valence-corrected chi connectivity index (χ3v) is 8.18. The van der Waals surface area contributed by atoms with Crippen LogP contribution in [-0.4, -0.2) is 95.9 Å². The van der Waals surface area contributed by atoms with E-state index in [-0.39, 0.29) is 30.7 Å². The topological polar surface area (TPSA) is 105 Å². The number of carboxylic acids is 1. The minimum absolute atomic E-state index is 0.0284. The number of benzene rings is 1. The monoisotopic (exact) mass is 568 g/mol. The van der Waals surface area contributed by atoms with E-state index in [4.69, 9.17) is 9.47 Å². The molecule has 1 N–H and O–H groups in total. The van der Waals surface area contributed by atoms with Crippen molar-refractivity contribution in [1.29, 1.82) is 0 Å². The van der Waals surface area contributed by atoms with Crippen LogP contribution in [-0.2, 0) is 16.1 Å². The average Bonchev–Trinajstić information content (AvgIpc) is 3.56. The van der Waals surface area contributed by atoms with Crippen molar-refractivity contribution in [2.75, 3.05) is 53.6 Å². The lowest BCUT2D eigenvalue weighted by molar-refractivity contribution is -0.144. The molecule has 0 bridgehead atoms. The molecule has 4 rings (SSSR count). The van der Waals surface area contributed by atoms with Crippen LogP contribution in [0.5, 0.6) is 11.5 Å². The van der Waals surface area contributed by atoms with Crippen molar-refractivity contribution < 1.29 is 24.2 Å². The van der Waals surface area contributed by atoms with Gasteiger partial charge < -0.3 is 28.9 Å². The lowest BCUT2D eigenvalue weighted by Gasteiger charge is -2.30. The molecule has 3 atom stereocenters. The van der Waals surface area contributed by atoms with Gasteiger partial charge in [0.2, 0.25) is 18.3 Å². The first kappa shape index (κ1) is 30.6. The Morgan fingerprint density at radius 2 is 1.78 bits per heavy atom. The van der Waals surface area contributed by atoms with Gasteiger partial charge in [0.25, 0.3) is 0 Å². The highest BCUT2D eigenvalue weighted by molar-refractivity contribution is 5.79. The highest BCUT2D eigenvalue weighted by Crippen LogP contribution is 2.42. The molecule has 224 valence electrons. The second-order valence-corrected chi connectivity index (χ2v) is 11.3. The van der Waals surface area contributed by atoms with Crippen molar-refractivity contribution in [3.8, 4) is 11.5 Å². The normalized spacial score (nSPS) is 20.0. The molecule has 2 aliphatic rings. The second kappa shape index (κ2) is 14.5.